The molecular weight excluding hydrogens is 408 g/mol. The van der Waals surface area contributed by atoms with Crippen LogP contribution in [0.25, 0.3) is 22.8 Å². The van der Waals surface area contributed by atoms with Gasteiger partial charge >= 0.3 is 0 Å². The molecule has 0 radical (unpaired) electrons. The number of pyridine rings is 1. The highest BCUT2D eigenvalue weighted by Crippen LogP contribution is 2.27. The molecule has 1 aromatic carbocycles. The maximum absolute atomic E-state index is 5.93. The number of thioether (sulfide) groups is 1. The highest BCUT2D eigenvalue weighted by molar-refractivity contribution is 7.98. The molecule has 4 aromatic rings. The zero-order valence-corrected chi connectivity index (χ0v) is 17.6. The Morgan fingerprint density at radius 2 is 1.79 bits per heavy atom. The van der Waals surface area contributed by atoms with Crippen LogP contribution >= 0.6 is 23.4 Å². The number of hydrogen-bond acceptors (Lipinski definition) is 7. The minimum Gasteiger partial charge on any atom is -0.338 e. The van der Waals surface area contributed by atoms with E-state index >= 15 is 0 Å². The molecule has 0 atom stereocenters. The fraction of sp³-hybridized carbons (Fsp3) is 0.250. The molecule has 7 nitrogen and oxygen atoms in total. The summed E-state index contributed by atoms with van der Waals surface area (Å²) in [6, 6.07) is 11.2. The number of hydrogen-bond donors (Lipinski definition) is 0. The lowest BCUT2D eigenvalue weighted by Gasteiger charge is -2.12. The molecule has 0 N–H and O–H groups in total. The van der Waals surface area contributed by atoms with Crippen LogP contribution < -0.4 is 0 Å². The summed E-state index contributed by atoms with van der Waals surface area (Å²) < 4.78 is 7.53. The van der Waals surface area contributed by atoms with E-state index in [-0.39, 0.29) is 0 Å². The Morgan fingerprint density at radius 1 is 1.03 bits per heavy atom. The summed E-state index contributed by atoms with van der Waals surface area (Å²) in [5.74, 6) is 2.86. The van der Waals surface area contributed by atoms with Gasteiger partial charge in [0.1, 0.15) is 0 Å². The molecule has 0 amide bonds. The third-order valence-electron chi connectivity index (χ3n) is 4.10. The molecule has 0 saturated heterocycles. The van der Waals surface area contributed by atoms with Crippen molar-refractivity contribution >= 4 is 23.4 Å². The van der Waals surface area contributed by atoms with Crippen LogP contribution in [-0.2, 0) is 12.3 Å². The Labute approximate surface area is 177 Å². The molecule has 4 rings (SSSR count). The van der Waals surface area contributed by atoms with Gasteiger partial charge in [0, 0.05) is 35.1 Å². The molecule has 0 aliphatic rings. The van der Waals surface area contributed by atoms with Crippen LogP contribution in [0.2, 0.25) is 5.02 Å². The van der Waals surface area contributed by atoms with Crippen LogP contribution in [0.4, 0.5) is 0 Å². The van der Waals surface area contributed by atoms with Crippen molar-refractivity contribution in [2.45, 2.75) is 31.3 Å². The van der Waals surface area contributed by atoms with E-state index in [1.54, 1.807) is 24.5 Å². The summed E-state index contributed by atoms with van der Waals surface area (Å²) >= 11 is 7.46. The molecule has 0 unspecified atom stereocenters. The monoisotopic (exact) mass is 426 g/mol. The molecule has 29 heavy (non-hydrogen) atoms. The minimum absolute atomic E-state index is 0.450. The highest BCUT2D eigenvalue weighted by Gasteiger charge is 2.17. The van der Waals surface area contributed by atoms with Crippen LogP contribution in [-0.4, -0.2) is 29.9 Å². The summed E-state index contributed by atoms with van der Waals surface area (Å²) in [5.41, 5.74) is 1.85. The first kappa shape index (κ1) is 19.6. The topological polar surface area (TPSA) is 82.5 Å². The fourth-order valence-electron chi connectivity index (χ4n) is 2.80. The number of rotatable bonds is 7. The first-order valence-corrected chi connectivity index (χ1v) is 10.5. The first-order valence-electron chi connectivity index (χ1n) is 9.15. The summed E-state index contributed by atoms with van der Waals surface area (Å²) in [5, 5.41) is 14.3. The van der Waals surface area contributed by atoms with Crippen molar-refractivity contribution in [3.05, 3.63) is 59.7 Å². The molecule has 148 valence electrons. The zero-order chi connectivity index (χ0) is 20.2. The van der Waals surface area contributed by atoms with Crippen molar-refractivity contribution in [3.8, 4) is 22.8 Å². The van der Waals surface area contributed by atoms with Gasteiger partial charge < -0.3 is 9.09 Å². The van der Waals surface area contributed by atoms with Gasteiger partial charge in [-0.3, -0.25) is 4.98 Å². The Hall–Kier alpha value is -2.71. The Kier molecular flexibility index (Phi) is 5.92. The third-order valence-corrected chi connectivity index (χ3v) is 5.30. The van der Waals surface area contributed by atoms with Crippen LogP contribution in [0.5, 0.6) is 0 Å². The van der Waals surface area contributed by atoms with E-state index in [2.05, 4.69) is 43.7 Å². The lowest BCUT2D eigenvalue weighted by atomic mass is 10.2. The Balaban J connectivity index is 1.53. The Morgan fingerprint density at radius 3 is 2.52 bits per heavy atom. The standard InChI is InChI=1S/C20H19ClN6OS/c1-13(2)11-27-19(15-7-9-22-10-8-15)24-25-20(27)29-12-17-23-18(26-28-17)14-3-5-16(21)6-4-14/h3-10,13H,11-12H2,1-2H3. The van der Waals surface area contributed by atoms with Gasteiger partial charge in [-0.05, 0) is 42.3 Å². The number of aromatic nitrogens is 6. The summed E-state index contributed by atoms with van der Waals surface area (Å²) in [6.45, 7) is 5.15. The predicted octanol–water partition coefficient (Wildman–Crippen LogP) is 4.99. The fourth-order valence-corrected chi connectivity index (χ4v) is 3.71. The van der Waals surface area contributed by atoms with Gasteiger partial charge in [-0.25, -0.2) is 0 Å². The van der Waals surface area contributed by atoms with Crippen molar-refractivity contribution in [1.29, 1.82) is 0 Å². The summed E-state index contributed by atoms with van der Waals surface area (Å²) in [7, 11) is 0. The second kappa shape index (κ2) is 8.75. The van der Waals surface area contributed by atoms with E-state index in [0.717, 1.165) is 28.7 Å². The van der Waals surface area contributed by atoms with Gasteiger partial charge in [0.2, 0.25) is 11.7 Å². The number of benzene rings is 1. The van der Waals surface area contributed by atoms with Crippen LogP contribution in [0.15, 0.2) is 58.5 Å². The van der Waals surface area contributed by atoms with E-state index in [9.17, 15) is 0 Å². The molecule has 0 spiro atoms. The molecule has 3 aromatic heterocycles. The number of halogens is 1. The third kappa shape index (κ3) is 4.65. The molecule has 9 heteroatoms. The molecule has 0 bridgehead atoms. The van der Waals surface area contributed by atoms with Gasteiger partial charge in [-0.15, -0.1) is 10.2 Å². The average Bonchev–Trinajstić information content (AvgIpc) is 3.34. The summed E-state index contributed by atoms with van der Waals surface area (Å²) in [4.78, 5) is 8.55. The second-order valence-corrected chi connectivity index (χ2v) is 8.23. The van der Waals surface area contributed by atoms with Crippen LogP contribution in [0, 0.1) is 5.92 Å². The minimum atomic E-state index is 0.450. The van der Waals surface area contributed by atoms with E-state index in [1.807, 2.05) is 24.3 Å². The molecule has 0 aliphatic heterocycles. The molecule has 0 fully saturated rings. The number of nitrogens with zero attached hydrogens (tertiary/aromatic N) is 6. The average molecular weight is 427 g/mol. The quantitative estimate of drug-likeness (QED) is 0.385. The normalized spacial score (nSPS) is 11.3. The van der Waals surface area contributed by atoms with Gasteiger partial charge in [0.25, 0.3) is 0 Å². The smallest absolute Gasteiger partial charge is 0.237 e. The maximum Gasteiger partial charge on any atom is 0.237 e. The van der Waals surface area contributed by atoms with Gasteiger partial charge in [-0.2, -0.15) is 4.98 Å². The second-order valence-electron chi connectivity index (χ2n) is 6.85. The molecule has 0 aliphatic carbocycles. The lowest BCUT2D eigenvalue weighted by Crippen LogP contribution is -2.08. The van der Waals surface area contributed by atoms with Crippen molar-refractivity contribution < 1.29 is 4.52 Å². The van der Waals surface area contributed by atoms with E-state index < -0.39 is 0 Å². The van der Waals surface area contributed by atoms with Crippen molar-refractivity contribution in [2.24, 2.45) is 5.92 Å². The van der Waals surface area contributed by atoms with E-state index in [0.29, 0.717) is 28.4 Å². The molecule has 3 heterocycles. The van der Waals surface area contributed by atoms with Gasteiger partial charge in [0.05, 0.1) is 5.75 Å². The largest absolute Gasteiger partial charge is 0.338 e. The highest BCUT2D eigenvalue weighted by atomic mass is 35.5. The van der Waals surface area contributed by atoms with E-state index in [4.69, 9.17) is 16.1 Å². The van der Waals surface area contributed by atoms with Crippen molar-refractivity contribution in [1.82, 2.24) is 29.9 Å². The van der Waals surface area contributed by atoms with Crippen molar-refractivity contribution in [3.63, 3.8) is 0 Å². The van der Waals surface area contributed by atoms with Crippen molar-refractivity contribution in [2.75, 3.05) is 0 Å². The van der Waals surface area contributed by atoms with Crippen LogP contribution in [0.3, 0.4) is 0 Å². The summed E-state index contributed by atoms with van der Waals surface area (Å²) in [6.07, 6.45) is 3.51. The first-order chi connectivity index (χ1) is 14.1. The SMILES string of the molecule is CC(C)Cn1c(SCc2nc(-c3ccc(Cl)cc3)no2)nnc1-c1ccncc1. The lowest BCUT2D eigenvalue weighted by molar-refractivity contribution is 0.391. The maximum atomic E-state index is 5.93. The Bertz CT molecular complexity index is 1080. The van der Waals surface area contributed by atoms with Gasteiger partial charge in [0.15, 0.2) is 11.0 Å². The zero-order valence-electron chi connectivity index (χ0n) is 16.0. The van der Waals surface area contributed by atoms with Crippen LogP contribution in [0.1, 0.15) is 19.7 Å². The molecular formula is C20H19ClN6OS. The molecule has 0 saturated carbocycles. The van der Waals surface area contributed by atoms with E-state index in [1.165, 1.54) is 11.8 Å². The predicted molar refractivity (Wildman–Crippen MR) is 112 cm³/mol. The van der Waals surface area contributed by atoms with Gasteiger partial charge in [-0.1, -0.05) is 42.4 Å².